The number of nitrogens with one attached hydrogen (secondary N) is 1. The number of hydroxylamine groups is 2. The summed E-state index contributed by atoms with van der Waals surface area (Å²) >= 11 is 0. The number of benzene rings is 2. The Morgan fingerprint density at radius 2 is 1.81 bits per heavy atom. The maximum atomic E-state index is 13.0. The van der Waals surface area contributed by atoms with Crippen molar-refractivity contribution in [2.24, 2.45) is 0 Å². The van der Waals surface area contributed by atoms with E-state index in [2.05, 4.69) is 9.71 Å². The SMILES string of the molecule is CN1OCC(S(=O)(=O)NCc2ccccn2)C1c1ccc(OCc2ccccc2)cc1. The Balaban J connectivity index is 1.44. The van der Waals surface area contributed by atoms with Crippen LogP contribution in [0, 0.1) is 0 Å². The van der Waals surface area contributed by atoms with Crippen molar-refractivity contribution < 1.29 is 18.0 Å². The molecule has 0 amide bonds. The van der Waals surface area contributed by atoms with Gasteiger partial charge in [-0.15, -0.1) is 0 Å². The molecule has 2 aromatic carbocycles. The lowest BCUT2D eigenvalue weighted by Crippen LogP contribution is -2.39. The van der Waals surface area contributed by atoms with E-state index in [1.807, 2.05) is 60.7 Å². The Hall–Kier alpha value is -2.78. The average molecular weight is 440 g/mol. The van der Waals surface area contributed by atoms with Gasteiger partial charge in [0.05, 0.1) is 24.9 Å². The van der Waals surface area contributed by atoms with E-state index in [1.54, 1.807) is 30.4 Å². The molecule has 2 unspecified atom stereocenters. The lowest BCUT2D eigenvalue weighted by Gasteiger charge is -2.23. The molecule has 1 saturated heterocycles. The molecule has 8 heteroatoms. The Kier molecular flexibility index (Phi) is 6.62. The minimum Gasteiger partial charge on any atom is -0.489 e. The van der Waals surface area contributed by atoms with Gasteiger partial charge in [0.25, 0.3) is 0 Å². The van der Waals surface area contributed by atoms with E-state index < -0.39 is 21.3 Å². The number of ether oxygens (including phenoxy) is 1. The van der Waals surface area contributed by atoms with Crippen molar-refractivity contribution >= 4 is 10.0 Å². The topological polar surface area (TPSA) is 80.8 Å². The second-order valence-electron chi connectivity index (χ2n) is 7.36. The quantitative estimate of drug-likeness (QED) is 0.581. The summed E-state index contributed by atoms with van der Waals surface area (Å²) < 4.78 is 34.5. The predicted molar refractivity (Wildman–Crippen MR) is 117 cm³/mol. The molecule has 1 aliphatic heterocycles. The van der Waals surface area contributed by atoms with Gasteiger partial charge in [0, 0.05) is 13.2 Å². The first-order chi connectivity index (χ1) is 15.0. The van der Waals surface area contributed by atoms with E-state index in [9.17, 15) is 8.42 Å². The molecule has 1 aliphatic rings. The molecule has 31 heavy (non-hydrogen) atoms. The predicted octanol–water partition coefficient (Wildman–Crippen LogP) is 3.07. The number of sulfonamides is 1. The molecule has 0 saturated carbocycles. The highest BCUT2D eigenvalue weighted by atomic mass is 32.2. The largest absolute Gasteiger partial charge is 0.489 e. The fraction of sp³-hybridized carbons (Fsp3) is 0.261. The Bertz CT molecular complexity index is 1080. The first kappa shape index (κ1) is 21.5. The van der Waals surface area contributed by atoms with Gasteiger partial charge in [0.1, 0.15) is 17.6 Å². The van der Waals surface area contributed by atoms with Crippen molar-refractivity contribution in [1.29, 1.82) is 0 Å². The van der Waals surface area contributed by atoms with Crippen LogP contribution in [0.15, 0.2) is 79.0 Å². The standard InChI is InChI=1S/C23H25N3O4S/c1-26-23(19-10-12-21(13-11-19)29-16-18-7-3-2-4-8-18)22(17-30-26)31(27,28)25-15-20-9-5-6-14-24-20/h2-14,22-23,25H,15-17H2,1H3. The molecule has 0 spiro atoms. The first-order valence-corrected chi connectivity index (χ1v) is 11.6. The van der Waals surface area contributed by atoms with E-state index in [4.69, 9.17) is 9.57 Å². The minimum atomic E-state index is -3.63. The van der Waals surface area contributed by atoms with E-state index in [-0.39, 0.29) is 13.2 Å². The third kappa shape index (κ3) is 5.29. The summed E-state index contributed by atoms with van der Waals surface area (Å²) in [6.07, 6.45) is 1.64. The summed E-state index contributed by atoms with van der Waals surface area (Å²) in [6.45, 7) is 0.703. The van der Waals surface area contributed by atoms with E-state index in [0.29, 0.717) is 12.3 Å². The molecule has 0 aliphatic carbocycles. The van der Waals surface area contributed by atoms with Crippen molar-refractivity contribution in [3.63, 3.8) is 0 Å². The van der Waals surface area contributed by atoms with Crippen molar-refractivity contribution in [2.75, 3.05) is 13.7 Å². The summed E-state index contributed by atoms with van der Waals surface area (Å²) in [6, 6.07) is 22.4. The zero-order chi connectivity index (χ0) is 21.7. The van der Waals surface area contributed by atoms with Gasteiger partial charge in [-0.2, -0.15) is 5.06 Å². The molecule has 1 N–H and O–H groups in total. The summed E-state index contributed by atoms with van der Waals surface area (Å²) in [5, 5.41) is 0.863. The Morgan fingerprint density at radius 1 is 1.06 bits per heavy atom. The van der Waals surface area contributed by atoms with Crippen LogP contribution in [-0.2, 0) is 28.0 Å². The fourth-order valence-corrected chi connectivity index (χ4v) is 5.04. The molecule has 3 aromatic rings. The van der Waals surface area contributed by atoms with Gasteiger partial charge in [0.15, 0.2) is 0 Å². The van der Waals surface area contributed by atoms with Crippen LogP contribution in [-0.4, -0.2) is 37.4 Å². The van der Waals surface area contributed by atoms with Crippen molar-refractivity contribution in [2.45, 2.75) is 24.4 Å². The first-order valence-electron chi connectivity index (χ1n) is 10.0. The zero-order valence-electron chi connectivity index (χ0n) is 17.2. The van der Waals surface area contributed by atoms with Crippen LogP contribution < -0.4 is 9.46 Å². The van der Waals surface area contributed by atoms with Crippen molar-refractivity contribution in [1.82, 2.24) is 14.8 Å². The van der Waals surface area contributed by atoms with Gasteiger partial charge in [-0.05, 0) is 35.4 Å². The lowest BCUT2D eigenvalue weighted by molar-refractivity contribution is -0.110. The van der Waals surface area contributed by atoms with Crippen LogP contribution in [0.5, 0.6) is 5.75 Å². The number of aromatic nitrogens is 1. The molecule has 162 valence electrons. The molecule has 1 aromatic heterocycles. The van der Waals surface area contributed by atoms with Crippen LogP contribution in [0.4, 0.5) is 0 Å². The van der Waals surface area contributed by atoms with E-state index >= 15 is 0 Å². The third-order valence-corrected chi connectivity index (χ3v) is 6.97. The highest BCUT2D eigenvalue weighted by Crippen LogP contribution is 2.34. The lowest BCUT2D eigenvalue weighted by atomic mass is 10.0. The molecule has 2 heterocycles. The van der Waals surface area contributed by atoms with E-state index in [0.717, 1.165) is 16.9 Å². The highest BCUT2D eigenvalue weighted by Gasteiger charge is 2.43. The molecule has 2 atom stereocenters. The average Bonchev–Trinajstić information content (AvgIpc) is 3.20. The second-order valence-corrected chi connectivity index (χ2v) is 9.34. The molecular formula is C23H25N3O4S. The summed E-state index contributed by atoms with van der Waals surface area (Å²) in [7, 11) is -1.88. The summed E-state index contributed by atoms with van der Waals surface area (Å²) in [4.78, 5) is 9.74. The van der Waals surface area contributed by atoms with Gasteiger partial charge in [-0.25, -0.2) is 13.1 Å². The number of hydrogen-bond donors (Lipinski definition) is 1. The summed E-state index contributed by atoms with van der Waals surface area (Å²) in [5.74, 6) is 0.724. The van der Waals surface area contributed by atoms with Crippen LogP contribution in [0.2, 0.25) is 0 Å². The summed E-state index contributed by atoms with van der Waals surface area (Å²) in [5.41, 5.74) is 2.59. The maximum Gasteiger partial charge on any atom is 0.219 e. The molecule has 1 fully saturated rings. The second kappa shape index (κ2) is 9.57. The molecule has 4 rings (SSSR count). The normalized spacial score (nSPS) is 19.4. The van der Waals surface area contributed by atoms with Crippen LogP contribution in [0.1, 0.15) is 22.9 Å². The van der Waals surface area contributed by atoms with Crippen LogP contribution in [0.25, 0.3) is 0 Å². The van der Waals surface area contributed by atoms with Crippen LogP contribution in [0.3, 0.4) is 0 Å². The smallest absolute Gasteiger partial charge is 0.219 e. The van der Waals surface area contributed by atoms with Crippen LogP contribution >= 0.6 is 0 Å². The van der Waals surface area contributed by atoms with Crippen molar-refractivity contribution in [3.05, 3.63) is 95.8 Å². The van der Waals surface area contributed by atoms with Gasteiger partial charge in [-0.1, -0.05) is 48.5 Å². The third-order valence-electron chi connectivity index (χ3n) is 5.24. The number of rotatable bonds is 8. The van der Waals surface area contributed by atoms with Crippen molar-refractivity contribution in [3.8, 4) is 5.75 Å². The van der Waals surface area contributed by atoms with Gasteiger partial charge >= 0.3 is 0 Å². The monoisotopic (exact) mass is 439 g/mol. The molecular weight excluding hydrogens is 414 g/mol. The van der Waals surface area contributed by atoms with Gasteiger partial charge in [-0.3, -0.25) is 9.82 Å². The van der Waals surface area contributed by atoms with Gasteiger partial charge in [0.2, 0.25) is 10.0 Å². The van der Waals surface area contributed by atoms with E-state index in [1.165, 1.54) is 0 Å². The zero-order valence-corrected chi connectivity index (χ0v) is 18.0. The molecule has 0 bridgehead atoms. The number of pyridine rings is 1. The Labute approximate surface area is 182 Å². The van der Waals surface area contributed by atoms with Gasteiger partial charge < -0.3 is 4.74 Å². The molecule has 7 nitrogen and oxygen atoms in total. The fourth-order valence-electron chi connectivity index (χ4n) is 3.57. The Morgan fingerprint density at radius 3 is 2.52 bits per heavy atom. The highest BCUT2D eigenvalue weighted by molar-refractivity contribution is 7.90. The molecule has 0 radical (unpaired) electrons. The number of nitrogens with zero attached hydrogens (tertiary/aromatic N) is 2. The minimum absolute atomic E-state index is 0.0883. The number of hydrogen-bond acceptors (Lipinski definition) is 6. The maximum absolute atomic E-state index is 13.0.